The van der Waals surface area contributed by atoms with E-state index in [0.29, 0.717) is 12.2 Å². The fourth-order valence-corrected chi connectivity index (χ4v) is 3.53. The van der Waals surface area contributed by atoms with Crippen LogP contribution in [-0.4, -0.2) is 35.6 Å². The Morgan fingerprint density at radius 2 is 1.96 bits per heavy atom. The Hall–Kier alpha value is -3.35. The molecular formula is C21H21N3O4. The summed E-state index contributed by atoms with van der Waals surface area (Å²) < 4.78 is 12.2. The van der Waals surface area contributed by atoms with Crippen molar-refractivity contribution in [2.75, 3.05) is 19.5 Å². The second kappa shape index (κ2) is 6.99. The van der Waals surface area contributed by atoms with Crippen LogP contribution in [0, 0.1) is 11.8 Å². The predicted molar refractivity (Wildman–Crippen MR) is 105 cm³/mol. The molecule has 0 spiro atoms. The summed E-state index contributed by atoms with van der Waals surface area (Å²) in [5.41, 5.74) is 2.91. The Labute approximate surface area is 162 Å². The SMILES string of the molecule is COC(=O)[C@@H]1CC1C(=O)Nc1cc2cc(-c3ccccc3OC)n(C)c2cn1. The van der Waals surface area contributed by atoms with Crippen molar-refractivity contribution in [1.82, 2.24) is 9.55 Å². The van der Waals surface area contributed by atoms with E-state index in [-0.39, 0.29) is 23.7 Å². The highest BCUT2D eigenvalue weighted by molar-refractivity contribution is 5.99. The largest absolute Gasteiger partial charge is 0.496 e. The van der Waals surface area contributed by atoms with Gasteiger partial charge in [0.15, 0.2) is 0 Å². The minimum atomic E-state index is -0.345. The number of hydrogen-bond donors (Lipinski definition) is 1. The Morgan fingerprint density at radius 3 is 2.71 bits per heavy atom. The number of benzene rings is 1. The van der Waals surface area contributed by atoms with Gasteiger partial charge in [-0.1, -0.05) is 12.1 Å². The molecule has 1 aliphatic rings. The van der Waals surface area contributed by atoms with E-state index in [1.807, 2.05) is 48.0 Å². The average molecular weight is 379 g/mol. The van der Waals surface area contributed by atoms with E-state index >= 15 is 0 Å². The average Bonchev–Trinajstić information content (AvgIpc) is 3.46. The molecule has 144 valence electrons. The molecule has 0 radical (unpaired) electrons. The standard InChI is InChI=1S/C21H21N3O4/c1-24-16(13-6-4-5-7-18(13)27-2)8-12-9-19(22-11-17(12)24)23-20(25)14-10-15(14)21(26)28-3/h4-9,11,14-15H,10H2,1-3H3,(H,22,23,25)/t14?,15-/m1/s1. The number of nitrogens with one attached hydrogen (secondary N) is 1. The van der Waals surface area contributed by atoms with Gasteiger partial charge in [-0.25, -0.2) is 4.98 Å². The molecule has 2 heterocycles. The maximum absolute atomic E-state index is 12.3. The van der Waals surface area contributed by atoms with Crippen LogP contribution in [0.25, 0.3) is 22.2 Å². The number of rotatable bonds is 5. The molecule has 1 aliphatic carbocycles. The topological polar surface area (TPSA) is 82.5 Å². The fraction of sp³-hybridized carbons (Fsp3) is 0.286. The van der Waals surface area contributed by atoms with Crippen LogP contribution in [0.1, 0.15) is 6.42 Å². The number of pyridine rings is 1. The van der Waals surface area contributed by atoms with Crippen molar-refractivity contribution in [3.63, 3.8) is 0 Å². The number of nitrogens with zero attached hydrogens (tertiary/aromatic N) is 2. The van der Waals surface area contributed by atoms with Gasteiger partial charge in [-0.15, -0.1) is 0 Å². The summed E-state index contributed by atoms with van der Waals surface area (Å²) in [6.45, 7) is 0. The maximum atomic E-state index is 12.3. The van der Waals surface area contributed by atoms with Crippen LogP contribution in [0.3, 0.4) is 0 Å². The first-order chi connectivity index (χ1) is 13.5. The molecule has 0 aliphatic heterocycles. The van der Waals surface area contributed by atoms with Gasteiger partial charge in [-0.3, -0.25) is 9.59 Å². The van der Waals surface area contributed by atoms with E-state index in [1.165, 1.54) is 7.11 Å². The smallest absolute Gasteiger partial charge is 0.309 e. The number of ether oxygens (including phenoxy) is 2. The van der Waals surface area contributed by atoms with E-state index in [2.05, 4.69) is 10.3 Å². The molecule has 1 N–H and O–H groups in total. The number of methoxy groups -OCH3 is 2. The molecule has 1 aromatic carbocycles. The third-order valence-electron chi connectivity index (χ3n) is 5.19. The van der Waals surface area contributed by atoms with Gasteiger partial charge in [-0.2, -0.15) is 0 Å². The van der Waals surface area contributed by atoms with Crippen molar-refractivity contribution < 1.29 is 19.1 Å². The summed E-state index contributed by atoms with van der Waals surface area (Å²) in [4.78, 5) is 28.2. The van der Waals surface area contributed by atoms with E-state index in [0.717, 1.165) is 27.9 Å². The van der Waals surface area contributed by atoms with Crippen molar-refractivity contribution in [1.29, 1.82) is 0 Å². The van der Waals surface area contributed by atoms with Crippen LogP contribution in [0.2, 0.25) is 0 Å². The number of aryl methyl sites for hydroxylation is 1. The van der Waals surface area contributed by atoms with E-state index in [1.54, 1.807) is 13.3 Å². The Balaban J connectivity index is 1.60. The van der Waals surface area contributed by atoms with Gasteiger partial charge in [0.25, 0.3) is 0 Å². The van der Waals surface area contributed by atoms with Gasteiger partial charge < -0.3 is 19.4 Å². The monoisotopic (exact) mass is 379 g/mol. The highest BCUT2D eigenvalue weighted by Crippen LogP contribution is 2.40. The van der Waals surface area contributed by atoms with Crippen LogP contribution in [0.4, 0.5) is 5.82 Å². The zero-order chi connectivity index (χ0) is 19.8. The first-order valence-electron chi connectivity index (χ1n) is 9.01. The Morgan fingerprint density at radius 1 is 1.18 bits per heavy atom. The highest BCUT2D eigenvalue weighted by Gasteiger charge is 2.49. The van der Waals surface area contributed by atoms with Crippen LogP contribution < -0.4 is 10.1 Å². The molecule has 1 amide bonds. The number of fused-ring (bicyclic) bond motifs is 1. The molecule has 7 heteroatoms. The van der Waals surface area contributed by atoms with Crippen LogP contribution in [-0.2, 0) is 21.4 Å². The van der Waals surface area contributed by atoms with Gasteiger partial charge in [0, 0.05) is 18.0 Å². The lowest BCUT2D eigenvalue weighted by molar-refractivity contribution is -0.143. The summed E-state index contributed by atoms with van der Waals surface area (Å²) >= 11 is 0. The number of para-hydroxylation sites is 1. The lowest BCUT2D eigenvalue weighted by Gasteiger charge is -2.09. The number of amides is 1. The maximum Gasteiger partial charge on any atom is 0.309 e. The van der Waals surface area contributed by atoms with Gasteiger partial charge in [0.2, 0.25) is 5.91 Å². The molecule has 4 rings (SSSR count). The summed E-state index contributed by atoms with van der Waals surface area (Å²) in [5, 5.41) is 3.76. The molecule has 28 heavy (non-hydrogen) atoms. The summed E-state index contributed by atoms with van der Waals surface area (Å²) in [6.07, 6.45) is 2.25. The number of aromatic nitrogens is 2. The third kappa shape index (κ3) is 3.09. The van der Waals surface area contributed by atoms with Gasteiger partial charge in [-0.05, 0) is 30.7 Å². The summed E-state index contributed by atoms with van der Waals surface area (Å²) in [6, 6.07) is 11.7. The number of carbonyl (C=O) groups excluding carboxylic acids is 2. The van der Waals surface area contributed by atoms with Crippen molar-refractivity contribution in [3.05, 3.63) is 42.6 Å². The van der Waals surface area contributed by atoms with E-state index in [9.17, 15) is 9.59 Å². The lowest BCUT2D eigenvalue weighted by Crippen LogP contribution is -2.18. The molecule has 3 aromatic rings. The zero-order valence-corrected chi connectivity index (χ0v) is 15.9. The Kier molecular flexibility index (Phi) is 4.50. The quantitative estimate of drug-likeness (QED) is 0.689. The normalized spacial score (nSPS) is 18.0. The fourth-order valence-electron chi connectivity index (χ4n) is 3.53. The molecule has 0 saturated heterocycles. The minimum absolute atomic E-state index is 0.205. The van der Waals surface area contributed by atoms with Crippen molar-refractivity contribution in [2.45, 2.75) is 6.42 Å². The minimum Gasteiger partial charge on any atom is -0.496 e. The highest BCUT2D eigenvalue weighted by atomic mass is 16.5. The predicted octanol–water partition coefficient (Wildman–Crippen LogP) is 3.00. The van der Waals surface area contributed by atoms with Crippen LogP contribution in [0.5, 0.6) is 5.75 Å². The first-order valence-corrected chi connectivity index (χ1v) is 9.01. The lowest BCUT2D eigenvalue weighted by atomic mass is 10.1. The van der Waals surface area contributed by atoms with E-state index < -0.39 is 0 Å². The molecule has 1 fully saturated rings. The number of hydrogen-bond acceptors (Lipinski definition) is 5. The second-order valence-corrected chi connectivity index (χ2v) is 6.88. The van der Waals surface area contributed by atoms with Crippen molar-refractivity contribution >= 4 is 28.6 Å². The number of esters is 1. The van der Waals surface area contributed by atoms with Gasteiger partial charge in [0.05, 0.1) is 43.5 Å². The molecule has 1 unspecified atom stereocenters. The van der Waals surface area contributed by atoms with Crippen molar-refractivity contribution in [3.8, 4) is 17.0 Å². The number of anilines is 1. The first kappa shape index (κ1) is 18.0. The van der Waals surface area contributed by atoms with Crippen LogP contribution in [0.15, 0.2) is 42.6 Å². The molecule has 1 saturated carbocycles. The van der Waals surface area contributed by atoms with Crippen molar-refractivity contribution in [2.24, 2.45) is 18.9 Å². The zero-order valence-electron chi connectivity index (χ0n) is 15.9. The van der Waals surface area contributed by atoms with E-state index in [4.69, 9.17) is 9.47 Å². The summed E-state index contributed by atoms with van der Waals surface area (Å²) in [7, 11) is 4.95. The molecule has 2 aromatic heterocycles. The third-order valence-corrected chi connectivity index (χ3v) is 5.19. The van der Waals surface area contributed by atoms with Crippen LogP contribution >= 0.6 is 0 Å². The van der Waals surface area contributed by atoms with Gasteiger partial charge in [0.1, 0.15) is 11.6 Å². The molecule has 7 nitrogen and oxygen atoms in total. The van der Waals surface area contributed by atoms with Gasteiger partial charge >= 0.3 is 5.97 Å². The number of carbonyl (C=O) groups is 2. The summed E-state index contributed by atoms with van der Waals surface area (Å²) in [5.74, 6) is 0.0198. The molecule has 2 atom stereocenters. The molecular weight excluding hydrogens is 358 g/mol. The second-order valence-electron chi connectivity index (χ2n) is 6.88. The molecule has 0 bridgehead atoms. The Bertz CT molecular complexity index is 1070.